The van der Waals surface area contributed by atoms with E-state index in [1.807, 2.05) is 0 Å². The number of furan rings is 1. The zero-order valence-corrected chi connectivity index (χ0v) is 20.4. The second kappa shape index (κ2) is 10.2. The first-order valence-electron chi connectivity index (χ1n) is 10.4. The molecule has 12 nitrogen and oxygen atoms in total. The number of hydrogen-bond donors (Lipinski definition) is 3. The highest BCUT2D eigenvalue weighted by Gasteiger charge is 2.21. The average molecular weight is 542 g/mol. The van der Waals surface area contributed by atoms with Gasteiger partial charge in [-0.3, -0.25) is 20.3 Å². The van der Waals surface area contributed by atoms with Gasteiger partial charge in [0.15, 0.2) is 0 Å². The second-order valence-electron chi connectivity index (χ2n) is 7.55. The quantitative estimate of drug-likeness (QED) is 0.162. The molecule has 0 aliphatic rings. The van der Waals surface area contributed by atoms with E-state index in [-0.39, 0.29) is 15.5 Å². The number of nitro groups is 1. The summed E-state index contributed by atoms with van der Waals surface area (Å²) in [5.41, 5.74) is 2.89. The van der Waals surface area contributed by atoms with Gasteiger partial charge < -0.3 is 4.42 Å². The maximum atomic E-state index is 12.6. The van der Waals surface area contributed by atoms with Crippen LogP contribution in [0.3, 0.4) is 0 Å². The van der Waals surface area contributed by atoms with Crippen LogP contribution in [0.1, 0.15) is 5.76 Å². The molecule has 0 radical (unpaired) electrons. The monoisotopic (exact) mass is 541 g/mol. The van der Waals surface area contributed by atoms with Crippen molar-refractivity contribution < 1.29 is 26.2 Å². The molecule has 0 fully saturated rings. The summed E-state index contributed by atoms with van der Waals surface area (Å²) >= 11 is 0. The number of sulfonamides is 2. The van der Waals surface area contributed by atoms with Gasteiger partial charge in [-0.25, -0.2) is 22.0 Å². The summed E-state index contributed by atoms with van der Waals surface area (Å²) in [5.74, 6) is 0.723. The summed E-state index contributed by atoms with van der Waals surface area (Å²) in [6, 6.07) is 20.5. The predicted octanol–water partition coefficient (Wildman–Crippen LogP) is 3.75. The number of para-hydroxylation sites is 1. The van der Waals surface area contributed by atoms with E-state index in [2.05, 4.69) is 15.2 Å². The van der Waals surface area contributed by atoms with Gasteiger partial charge >= 0.3 is 0 Å². The number of benzene rings is 3. The highest BCUT2D eigenvalue weighted by Crippen LogP contribution is 2.29. The Hall–Kier alpha value is -4.53. The Bertz CT molecular complexity index is 1680. The normalized spacial score (nSPS) is 11.9. The van der Waals surface area contributed by atoms with Crippen LogP contribution in [-0.4, -0.2) is 28.0 Å². The molecule has 4 N–H and O–H groups in total. The van der Waals surface area contributed by atoms with Crippen LogP contribution in [-0.2, 0) is 20.0 Å². The largest absolute Gasteiger partial charge is 0.455 e. The number of nitrogens with zero attached hydrogens (tertiary/aromatic N) is 2. The Morgan fingerprint density at radius 2 is 1.57 bits per heavy atom. The molecule has 0 aliphatic carbocycles. The Kier molecular flexibility index (Phi) is 7.06. The van der Waals surface area contributed by atoms with Crippen molar-refractivity contribution in [2.24, 2.45) is 10.2 Å². The second-order valence-corrected chi connectivity index (χ2v) is 10.8. The molecule has 4 aromatic rings. The van der Waals surface area contributed by atoms with Gasteiger partial charge in [-0.15, -0.1) is 0 Å². The zero-order valence-electron chi connectivity index (χ0n) is 18.8. The van der Waals surface area contributed by atoms with Crippen LogP contribution in [0.15, 0.2) is 104 Å². The van der Waals surface area contributed by atoms with E-state index in [1.165, 1.54) is 42.6 Å². The van der Waals surface area contributed by atoms with Crippen molar-refractivity contribution in [1.82, 2.24) is 0 Å². The molecular weight excluding hydrogens is 522 g/mol. The molecule has 0 bridgehead atoms. The van der Waals surface area contributed by atoms with Gasteiger partial charge in [0.1, 0.15) is 17.2 Å². The molecule has 0 atom stereocenters. The number of nitrogens with two attached hydrogens (primary N) is 1. The lowest BCUT2D eigenvalue weighted by Crippen LogP contribution is -2.13. The predicted molar refractivity (Wildman–Crippen MR) is 137 cm³/mol. The summed E-state index contributed by atoms with van der Waals surface area (Å²) < 4.78 is 56.1. The van der Waals surface area contributed by atoms with Crippen molar-refractivity contribution in [1.29, 1.82) is 0 Å². The topological polar surface area (TPSA) is 187 Å². The SMILES string of the molecule is NS(=O)(=O)c1ccc(-c2ccc(/C=N/Nc3ccc(S(=O)(=O)Nc4ccccc4)cc3[N+](=O)[O-])o2)cc1. The summed E-state index contributed by atoms with van der Waals surface area (Å²) in [6.45, 7) is 0. The Morgan fingerprint density at radius 3 is 2.22 bits per heavy atom. The van der Waals surface area contributed by atoms with Gasteiger partial charge in [0.25, 0.3) is 15.7 Å². The Morgan fingerprint density at radius 1 is 0.892 bits per heavy atom. The van der Waals surface area contributed by atoms with E-state index in [1.54, 1.807) is 42.5 Å². The highest BCUT2D eigenvalue weighted by atomic mass is 32.2. The highest BCUT2D eigenvalue weighted by molar-refractivity contribution is 7.92. The van der Waals surface area contributed by atoms with Gasteiger partial charge in [-0.05, 0) is 60.7 Å². The van der Waals surface area contributed by atoms with Gasteiger partial charge in [0, 0.05) is 17.3 Å². The molecule has 3 aromatic carbocycles. The maximum absolute atomic E-state index is 12.6. The average Bonchev–Trinajstić information content (AvgIpc) is 3.33. The molecule has 190 valence electrons. The Labute approximate surface area is 211 Å². The summed E-state index contributed by atoms with van der Waals surface area (Å²) in [4.78, 5) is 10.5. The molecule has 0 spiro atoms. The fraction of sp³-hybridized carbons (Fsp3) is 0. The van der Waals surface area contributed by atoms with Gasteiger partial charge in [-0.2, -0.15) is 5.10 Å². The van der Waals surface area contributed by atoms with E-state index in [0.717, 1.165) is 6.07 Å². The molecule has 0 amide bonds. The first kappa shape index (κ1) is 25.6. The van der Waals surface area contributed by atoms with Crippen LogP contribution in [0.25, 0.3) is 11.3 Å². The minimum atomic E-state index is -4.06. The molecule has 37 heavy (non-hydrogen) atoms. The van der Waals surface area contributed by atoms with Crippen molar-refractivity contribution in [3.05, 3.63) is 101 Å². The minimum absolute atomic E-state index is 0.0368. The van der Waals surface area contributed by atoms with Crippen molar-refractivity contribution in [3.8, 4) is 11.3 Å². The van der Waals surface area contributed by atoms with Crippen LogP contribution >= 0.6 is 0 Å². The molecular formula is C23H19N5O7S2. The molecule has 0 saturated heterocycles. The first-order valence-corrected chi connectivity index (χ1v) is 13.4. The van der Waals surface area contributed by atoms with Crippen molar-refractivity contribution in [2.45, 2.75) is 9.79 Å². The lowest BCUT2D eigenvalue weighted by Gasteiger charge is -2.09. The molecule has 14 heteroatoms. The molecule has 0 saturated carbocycles. The van der Waals surface area contributed by atoms with E-state index in [9.17, 15) is 26.9 Å². The number of hydrogen-bond acceptors (Lipinski definition) is 9. The number of primary sulfonamides is 1. The van der Waals surface area contributed by atoms with Crippen molar-refractivity contribution >= 4 is 43.3 Å². The standard InChI is InChI=1S/C23H19N5O7S2/c24-36(31,32)19-9-6-16(7-10-19)23-13-8-18(35-23)15-25-26-21-12-11-20(14-22(21)28(29)30)37(33,34)27-17-4-2-1-3-5-17/h1-15,26-27H,(H2,24,31,32)/b25-15+. The number of rotatable bonds is 9. The van der Waals surface area contributed by atoms with Crippen molar-refractivity contribution in [3.63, 3.8) is 0 Å². The lowest BCUT2D eigenvalue weighted by atomic mass is 10.2. The maximum Gasteiger partial charge on any atom is 0.295 e. The molecule has 4 rings (SSSR count). The van der Waals surface area contributed by atoms with Crippen molar-refractivity contribution in [2.75, 3.05) is 10.1 Å². The van der Waals surface area contributed by atoms with Gasteiger partial charge in [0.2, 0.25) is 10.0 Å². The fourth-order valence-corrected chi connectivity index (χ4v) is 4.79. The van der Waals surface area contributed by atoms with E-state index >= 15 is 0 Å². The van der Waals surface area contributed by atoms with Crippen LogP contribution in [0.4, 0.5) is 17.1 Å². The third kappa shape index (κ3) is 6.19. The number of nitro benzene ring substituents is 1. The summed E-state index contributed by atoms with van der Waals surface area (Å²) in [6.07, 6.45) is 1.27. The van der Waals surface area contributed by atoms with Crippen LogP contribution in [0.2, 0.25) is 0 Å². The van der Waals surface area contributed by atoms with E-state index in [0.29, 0.717) is 22.8 Å². The third-order valence-electron chi connectivity index (χ3n) is 4.97. The van der Waals surface area contributed by atoms with Crippen LogP contribution in [0, 0.1) is 10.1 Å². The minimum Gasteiger partial charge on any atom is -0.455 e. The third-order valence-corrected chi connectivity index (χ3v) is 7.28. The molecule has 0 unspecified atom stereocenters. The Balaban J connectivity index is 1.49. The molecule has 1 heterocycles. The van der Waals surface area contributed by atoms with Gasteiger partial charge in [-0.1, -0.05) is 18.2 Å². The number of hydrazone groups is 1. The smallest absolute Gasteiger partial charge is 0.295 e. The van der Waals surface area contributed by atoms with Gasteiger partial charge in [0.05, 0.1) is 20.9 Å². The first-order chi connectivity index (χ1) is 17.5. The molecule has 1 aromatic heterocycles. The number of anilines is 2. The van der Waals surface area contributed by atoms with Crippen LogP contribution in [0.5, 0.6) is 0 Å². The summed E-state index contributed by atoms with van der Waals surface area (Å²) in [5, 5.41) is 20.6. The van der Waals surface area contributed by atoms with E-state index in [4.69, 9.17) is 9.56 Å². The molecule has 0 aliphatic heterocycles. The lowest BCUT2D eigenvalue weighted by molar-refractivity contribution is -0.384. The summed E-state index contributed by atoms with van der Waals surface area (Å²) in [7, 11) is -7.88. The van der Waals surface area contributed by atoms with Crippen LogP contribution < -0.4 is 15.3 Å². The zero-order chi connectivity index (χ0) is 26.6. The fourth-order valence-electron chi connectivity index (χ4n) is 3.20. The van der Waals surface area contributed by atoms with E-state index < -0.39 is 30.7 Å². The number of nitrogens with one attached hydrogen (secondary N) is 2.